The number of aliphatic imine (C=N–C) groups is 1. The van der Waals surface area contributed by atoms with Gasteiger partial charge in [0.2, 0.25) is 0 Å². The van der Waals surface area contributed by atoms with Crippen molar-refractivity contribution in [2.45, 2.75) is 26.4 Å². The van der Waals surface area contributed by atoms with Crippen LogP contribution in [0.4, 0.5) is 0 Å². The van der Waals surface area contributed by atoms with Gasteiger partial charge in [-0.1, -0.05) is 19.9 Å². The molecule has 16 heavy (non-hydrogen) atoms. The van der Waals surface area contributed by atoms with Crippen molar-refractivity contribution in [2.75, 3.05) is 19.7 Å². The summed E-state index contributed by atoms with van der Waals surface area (Å²) in [5.74, 6) is 1.53. The first-order valence-electron chi connectivity index (χ1n) is 5.91. The molecule has 4 heteroatoms. The summed E-state index contributed by atoms with van der Waals surface area (Å²) in [7, 11) is 0. The molecule has 0 bridgehead atoms. The number of guanidine groups is 1. The smallest absolute Gasteiger partial charge is 0.188 e. The standard InChI is InChI=1S/C12H23N3O/c1-4-11-10(5-6-16-11)8-15-12(13)14-7-9(2)3/h4,9-11H,1,5-8H2,2-3H3,(H3,13,14,15)/t10-,11-/m0/s1. The quantitative estimate of drug-likeness (QED) is 0.419. The van der Waals surface area contributed by atoms with Crippen LogP contribution in [0.2, 0.25) is 0 Å². The fraction of sp³-hybridized carbons (Fsp3) is 0.750. The van der Waals surface area contributed by atoms with E-state index in [4.69, 9.17) is 10.5 Å². The highest BCUT2D eigenvalue weighted by molar-refractivity contribution is 5.77. The van der Waals surface area contributed by atoms with Crippen LogP contribution in [0, 0.1) is 11.8 Å². The van der Waals surface area contributed by atoms with Gasteiger partial charge in [-0.25, -0.2) is 0 Å². The van der Waals surface area contributed by atoms with Gasteiger partial charge < -0.3 is 15.8 Å². The number of hydrogen-bond acceptors (Lipinski definition) is 2. The lowest BCUT2D eigenvalue weighted by molar-refractivity contribution is 0.128. The monoisotopic (exact) mass is 225 g/mol. The molecule has 3 N–H and O–H groups in total. The van der Waals surface area contributed by atoms with Gasteiger partial charge in [-0.2, -0.15) is 0 Å². The minimum absolute atomic E-state index is 0.158. The van der Waals surface area contributed by atoms with Crippen molar-refractivity contribution < 1.29 is 4.74 Å². The lowest BCUT2D eigenvalue weighted by atomic mass is 10.0. The van der Waals surface area contributed by atoms with E-state index in [9.17, 15) is 0 Å². The molecule has 1 rings (SSSR count). The molecule has 4 nitrogen and oxygen atoms in total. The second-order valence-corrected chi connectivity index (χ2v) is 4.62. The number of hydrogen-bond donors (Lipinski definition) is 2. The van der Waals surface area contributed by atoms with Crippen molar-refractivity contribution in [1.29, 1.82) is 0 Å². The first kappa shape index (κ1) is 13.0. The number of nitrogens with two attached hydrogens (primary N) is 1. The van der Waals surface area contributed by atoms with Crippen LogP contribution in [0.3, 0.4) is 0 Å². The van der Waals surface area contributed by atoms with Crippen LogP contribution in [0.1, 0.15) is 20.3 Å². The molecular weight excluding hydrogens is 202 g/mol. The van der Waals surface area contributed by atoms with E-state index in [1.165, 1.54) is 0 Å². The van der Waals surface area contributed by atoms with Crippen LogP contribution in [0.5, 0.6) is 0 Å². The summed E-state index contributed by atoms with van der Waals surface area (Å²) < 4.78 is 5.51. The summed E-state index contributed by atoms with van der Waals surface area (Å²) in [6, 6.07) is 0. The molecule has 1 aliphatic rings. The van der Waals surface area contributed by atoms with Crippen LogP contribution in [-0.2, 0) is 4.74 Å². The normalized spacial score (nSPS) is 26.1. The Morgan fingerprint density at radius 2 is 2.44 bits per heavy atom. The minimum Gasteiger partial charge on any atom is -0.374 e. The van der Waals surface area contributed by atoms with E-state index in [1.54, 1.807) is 0 Å². The van der Waals surface area contributed by atoms with Crippen LogP contribution < -0.4 is 11.1 Å². The van der Waals surface area contributed by atoms with Gasteiger partial charge in [0, 0.05) is 25.6 Å². The zero-order valence-corrected chi connectivity index (χ0v) is 10.3. The molecule has 0 unspecified atom stereocenters. The first-order chi connectivity index (χ1) is 7.63. The van der Waals surface area contributed by atoms with E-state index >= 15 is 0 Å². The van der Waals surface area contributed by atoms with Gasteiger partial charge in [0.15, 0.2) is 5.96 Å². The molecule has 0 aromatic heterocycles. The van der Waals surface area contributed by atoms with E-state index in [0.717, 1.165) is 26.1 Å². The van der Waals surface area contributed by atoms with Crippen molar-refractivity contribution in [3.8, 4) is 0 Å². The lowest BCUT2D eigenvalue weighted by Crippen LogP contribution is -2.37. The minimum atomic E-state index is 0.158. The summed E-state index contributed by atoms with van der Waals surface area (Å²) in [6.45, 7) is 10.4. The molecule has 0 aliphatic carbocycles. The number of nitrogens with zero attached hydrogens (tertiary/aromatic N) is 1. The van der Waals surface area contributed by atoms with Crippen molar-refractivity contribution in [2.24, 2.45) is 22.6 Å². The van der Waals surface area contributed by atoms with E-state index < -0.39 is 0 Å². The van der Waals surface area contributed by atoms with Crippen LogP contribution in [0.15, 0.2) is 17.6 Å². The van der Waals surface area contributed by atoms with Gasteiger partial charge in [-0.05, 0) is 12.3 Å². The Bertz CT molecular complexity index is 251. The zero-order chi connectivity index (χ0) is 12.0. The number of ether oxygens (including phenoxy) is 1. The van der Waals surface area contributed by atoms with Crippen molar-refractivity contribution >= 4 is 5.96 Å². The van der Waals surface area contributed by atoms with Crippen LogP contribution in [-0.4, -0.2) is 31.8 Å². The van der Waals surface area contributed by atoms with E-state index in [-0.39, 0.29) is 6.10 Å². The second kappa shape index (κ2) is 6.53. The molecule has 0 radical (unpaired) electrons. The van der Waals surface area contributed by atoms with Crippen molar-refractivity contribution in [1.82, 2.24) is 5.32 Å². The summed E-state index contributed by atoms with van der Waals surface area (Å²) in [5, 5.41) is 3.14. The largest absolute Gasteiger partial charge is 0.374 e. The molecule has 1 saturated heterocycles. The molecule has 0 spiro atoms. The van der Waals surface area contributed by atoms with Crippen molar-refractivity contribution in [3.63, 3.8) is 0 Å². The third kappa shape index (κ3) is 4.23. The highest BCUT2D eigenvalue weighted by Gasteiger charge is 2.25. The Morgan fingerprint density at radius 3 is 3.06 bits per heavy atom. The van der Waals surface area contributed by atoms with E-state index in [2.05, 4.69) is 30.7 Å². The molecule has 1 aliphatic heterocycles. The molecule has 0 aromatic carbocycles. The summed E-state index contributed by atoms with van der Waals surface area (Å²) >= 11 is 0. The molecule has 1 heterocycles. The summed E-state index contributed by atoms with van der Waals surface area (Å²) in [6.07, 6.45) is 3.08. The third-order valence-corrected chi connectivity index (χ3v) is 2.67. The molecule has 0 saturated carbocycles. The number of nitrogens with one attached hydrogen (secondary N) is 1. The topological polar surface area (TPSA) is 59.6 Å². The maximum Gasteiger partial charge on any atom is 0.188 e. The Labute approximate surface area is 98.0 Å². The maximum atomic E-state index is 5.76. The second-order valence-electron chi connectivity index (χ2n) is 4.62. The highest BCUT2D eigenvalue weighted by Crippen LogP contribution is 2.20. The van der Waals surface area contributed by atoms with Gasteiger partial charge in [-0.3, -0.25) is 4.99 Å². The molecule has 1 fully saturated rings. The molecule has 0 aromatic rings. The fourth-order valence-corrected chi connectivity index (χ4v) is 1.71. The lowest BCUT2D eigenvalue weighted by Gasteiger charge is -2.15. The molecule has 92 valence electrons. The summed E-state index contributed by atoms with van der Waals surface area (Å²) in [5.41, 5.74) is 5.76. The predicted octanol–water partition coefficient (Wildman–Crippen LogP) is 1.14. The molecule has 0 amide bonds. The highest BCUT2D eigenvalue weighted by atomic mass is 16.5. The predicted molar refractivity (Wildman–Crippen MR) is 67.4 cm³/mol. The Morgan fingerprint density at radius 1 is 1.69 bits per heavy atom. The Hall–Kier alpha value is -1.03. The molecular formula is C12H23N3O. The Kier molecular flexibility index (Phi) is 5.32. The van der Waals surface area contributed by atoms with E-state index in [1.807, 2.05) is 6.08 Å². The van der Waals surface area contributed by atoms with Gasteiger partial charge in [0.25, 0.3) is 0 Å². The maximum absolute atomic E-state index is 5.76. The zero-order valence-electron chi connectivity index (χ0n) is 10.3. The van der Waals surface area contributed by atoms with Gasteiger partial charge in [0.05, 0.1) is 6.10 Å². The van der Waals surface area contributed by atoms with Crippen molar-refractivity contribution in [3.05, 3.63) is 12.7 Å². The first-order valence-corrected chi connectivity index (χ1v) is 5.91. The average molecular weight is 225 g/mol. The SMILES string of the molecule is C=C[C@@H]1OCC[C@H]1CNC(N)=NCC(C)C. The molecule has 2 atom stereocenters. The Balaban J connectivity index is 2.28. The average Bonchev–Trinajstić information content (AvgIpc) is 2.70. The van der Waals surface area contributed by atoms with Gasteiger partial charge >= 0.3 is 0 Å². The van der Waals surface area contributed by atoms with Crippen LogP contribution >= 0.6 is 0 Å². The fourth-order valence-electron chi connectivity index (χ4n) is 1.71. The third-order valence-electron chi connectivity index (χ3n) is 2.67. The summed E-state index contributed by atoms with van der Waals surface area (Å²) in [4.78, 5) is 4.25. The van der Waals surface area contributed by atoms with Gasteiger partial charge in [0.1, 0.15) is 0 Å². The van der Waals surface area contributed by atoms with E-state index in [0.29, 0.717) is 17.8 Å². The van der Waals surface area contributed by atoms with Gasteiger partial charge in [-0.15, -0.1) is 6.58 Å². The number of rotatable bonds is 5. The van der Waals surface area contributed by atoms with Crippen LogP contribution in [0.25, 0.3) is 0 Å².